The predicted octanol–water partition coefficient (Wildman–Crippen LogP) is 3.89. The fourth-order valence-corrected chi connectivity index (χ4v) is 1.93. The zero-order valence-electron chi connectivity index (χ0n) is 13.3. The number of hydrogen-bond donors (Lipinski definition) is 2. The minimum absolute atomic E-state index is 0.0739. The summed E-state index contributed by atoms with van der Waals surface area (Å²) in [6.45, 7) is 0.0739. The van der Waals surface area contributed by atoms with Gasteiger partial charge in [-0.15, -0.1) is 0 Å². The monoisotopic (exact) mass is 348 g/mol. The summed E-state index contributed by atoms with van der Waals surface area (Å²) in [5.41, 5.74) is 0.166. The second-order valence-electron chi connectivity index (χ2n) is 4.88. The van der Waals surface area contributed by atoms with Crippen LogP contribution in [0.4, 0.5) is 23.7 Å². The summed E-state index contributed by atoms with van der Waals surface area (Å²) >= 11 is 0. The van der Waals surface area contributed by atoms with Crippen LogP contribution in [0.3, 0.4) is 0 Å². The molecule has 2 N–H and O–H groups in total. The number of hydrogen-bond acceptors (Lipinski definition) is 2. The summed E-state index contributed by atoms with van der Waals surface area (Å²) in [4.78, 5) is 11.7. The van der Waals surface area contributed by atoms with Crippen LogP contribution in [0.5, 0.6) is 5.75 Å². The Balaban J connectivity index is 1.86. The van der Waals surface area contributed by atoms with Crippen molar-refractivity contribution in [3.63, 3.8) is 0 Å². The highest BCUT2D eigenvalue weighted by atomic mass is 19.4. The van der Waals surface area contributed by atoms with Crippen molar-refractivity contribution in [3.05, 3.63) is 59.7 Å². The molecule has 2 aromatic carbocycles. The van der Waals surface area contributed by atoms with Crippen LogP contribution >= 0.6 is 0 Å². The van der Waals surface area contributed by atoms with Crippen molar-refractivity contribution in [1.29, 1.82) is 0 Å². The molecule has 0 fully saturated rings. The highest BCUT2D eigenvalue weighted by molar-refractivity contribution is 5.89. The molecule has 0 saturated carbocycles. The number of rotatable bonds is 3. The number of nitrogens with one attached hydrogen (secondary N) is 2. The molecule has 2 aromatic rings. The Morgan fingerprint density at radius 3 is 2.44 bits per heavy atom. The van der Waals surface area contributed by atoms with Gasteiger partial charge in [0.15, 0.2) is 0 Å². The summed E-state index contributed by atoms with van der Waals surface area (Å²) in [6, 6.07) is 10.8. The minimum Gasteiger partial charge on any atom is -0.495 e. The van der Waals surface area contributed by atoms with E-state index in [1.54, 1.807) is 12.1 Å². The molecule has 0 saturated heterocycles. The smallest absolute Gasteiger partial charge is 0.416 e. The molecule has 4 nitrogen and oxygen atoms in total. The van der Waals surface area contributed by atoms with Crippen LogP contribution in [0.2, 0.25) is 0 Å². The van der Waals surface area contributed by atoms with Gasteiger partial charge in [-0.05, 0) is 36.4 Å². The van der Waals surface area contributed by atoms with E-state index in [4.69, 9.17) is 4.74 Å². The van der Waals surface area contributed by atoms with Gasteiger partial charge in [-0.25, -0.2) is 4.79 Å². The van der Waals surface area contributed by atoms with Gasteiger partial charge in [0.05, 0.1) is 24.8 Å². The summed E-state index contributed by atoms with van der Waals surface area (Å²) in [5, 5.41) is 4.93. The fraction of sp³-hybridized carbons (Fsp3) is 0.167. The average molecular weight is 348 g/mol. The van der Waals surface area contributed by atoms with E-state index >= 15 is 0 Å². The van der Waals surface area contributed by atoms with E-state index in [-0.39, 0.29) is 12.2 Å². The molecule has 0 heterocycles. The highest BCUT2D eigenvalue weighted by Gasteiger charge is 2.29. The van der Waals surface area contributed by atoms with Gasteiger partial charge in [-0.2, -0.15) is 13.2 Å². The molecule has 0 aliphatic carbocycles. The van der Waals surface area contributed by atoms with E-state index in [1.165, 1.54) is 19.2 Å². The Morgan fingerprint density at radius 1 is 1.12 bits per heavy atom. The lowest BCUT2D eigenvalue weighted by Gasteiger charge is -2.08. The van der Waals surface area contributed by atoms with Gasteiger partial charge in [0.2, 0.25) is 0 Å². The molecule has 130 valence electrons. The maximum Gasteiger partial charge on any atom is 0.416 e. The summed E-state index contributed by atoms with van der Waals surface area (Å²) < 4.78 is 42.5. The van der Waals surface area contributed by atoms with Gasteiger partial charge in [0.1, 0.15) is 5.75 Å². The minimum atomic E-state index is -4.41. The molecular weight excluding hydrogens is 333 g/mol. The third kappa shape index (κ3) is 5.46. The molecule has 2 amide bonds. The lowest BCUT2D eigenvalue weighted by molar-refractivity contribution is -0.137. The second-order valence-corrected chi connectivity index (χ2v) is 4.88. The van der Waals surface area contributed by atoms with Gasteiger partial charge in [-0.3, -0.25) is 0 Å². The summed E-state index contributed by atoms with van der Waals surface area (Å²) in [6.07, 6.45) is -4.41. The maximum absolute atomic E-state index is 12.5. The molecule has 0 aromatic heterocycles. The molecule has 2 rings (SSSR count). The highest BCUT2D eigenvalue weighted by Crippen LogP contribution is 2.29. The normalized spacial score (nSPS) is 10.4. The van der Waals surface area contributed by atoms with Crippen LogP contribution in [-0.2, 0) is 6.18 Å². The van der Waals surface area contributed by atoms with Crippen LogP contribution in [0.1, 0.15) is 11.1 Å². The molecule has 0 aliphatic rings. The number of halogens is 3. The van der Waals surface area contributed by atoms with Crippen molar-refractivity contribution in [2.24, 2.45) is 0 Å². The lowest BCUT2D eigenvalue weighted by atomic mass is 10.2. The number of urea groups is 1. The first-order chi connectivity index (χ1) is 11.9. The van der Waals surface area contributed by atoms with Crippen LogP contribution in [-0.4, -0.2) is 19.7 Å². The van der Waals surface area contributed by atoms with Crippen molar-refractivity contribution >= 4 is 11.7 Å². The van der Waals surface area contributed by atoms with E-state index in [9.17, 15) is 18.0 Å². The number of alkyl halides is 3. The number of amides is 2. The van der Waals surface area contributed by atoms with Crippen LogP contribution in [0.25, 0.3) is 0 Å². The number of anilines is 1. The number of carbonyl (C=O) groups is 1. The van der Waals surface area contributed by atoms with Crippen molar-refractivity contribution in [2.45, 2.75) is 6.18 Å². The van der Waals surface area contributed by atoms with Gasteiger partial charge < -0.3 is 15.4 Å². The molecular formula is C18H15F3N2O2. The third-order valence-electron chi connectivity index (χ3n) is 3.14. The van der Waals surface area contributed by atoms with E-state index in [1.807, 2.05) is 12.1 Å². The first-order valence-electron chi connectivity index (χ1n) is 7.24. The van der Waals surface area contributed by atoms with Crippen LogP contribution in [0.15, 0.2) is 48.5 Å². The first kappa shape index (κ1) is 18.2. The van der Waals surface area contributed by atoms with E-state index < -0.39 is 17.8 Å². The molecule has 0 spiro atoms. The van der Waals surface area contributed by atoms with Gasteiger partial charge >= 0.3 is 12.2 Å². The quantitative estimate of drug-likeness (QED) is 0.827. The number of ether oxygens (including phenoxy) is 1. The molecule has 7 heteroatoms. The summed E-state index contributed by atoms with van der Waals surface area (Å²) in [7, 11) is 1.54. The lowest BCUT2D eigenvalue weighted by Crippen LogP contribution is -2.28. The maximum atomic E-state index is 12.5. The number of carbonyl (C=O) groups excluding carboxylic acids is 1. The van der Waals surface area contributed by atoms with Crippen LogP contribution < -0.4 is 15.4 Å². The molecule has 0 unspecified atom stereocenters. The van der Waals surface area contributed by atoms with E-state index in [0.717, 1.165) is 12.1 Å². The standard InChI is InChI=1S/C18H15F3N2O2/c1-25-16-7-3-2-5-13(16)6-4-12-22-17(24)23-15-10-8-14(9-11-15)18(19,20)21/h2-3,5,7-11H,12H2,1H3,(H2,22,23,24). The molecule has 0 radical (unpaired) electrons. The number of benzene rings is 2. The molecule has 0 bridgehead atoms. The van der Waals surface area contributed by atoms with Crippen molar-refractivity contribution in [1.82, 2.24) is 5.32 Å². The van der Waals surface area contributed by atoms with Gasteiger partial charge in [0, 0.05) is 5.69 Å². The van der Waals surface area contributed by atoms with Crippen molar-refractivity contribution < 1.29 is 22.7 Å². The fourth-order valence-electron chi connectivity index (χ4n) is 1.93. The Bertz CT molecular complexity index is 790. The Kier molecular flexibility index (Phi) is 5.90. The summed E-state index contributed by atoms with van der Waals surface area (Å²) in [5.74, 6) is 6.27. The third-order valence-corrected chi connectivity index (χ3v) is 3.14. The van der Waals surface area contributed by atoms with Crippen molar-refractivity contribution in [3.8, 4) is 17.6 Å². The van der Waals surface area contributed by atoms with Crippen molar-refractivity contribution in [2.75, 3.05) is 19.0 Å². The molecule has 0 atom stereocenters. The molecule has 0 aliphatic heterocycles. The Hall–Kier alpha value is -3.14. The zero-order valence-corrected chi connectivity index (χ0v) is 13.3. The molecule has 25 heavy (non-hydrogen) atoms. The number of para-hydroxylation sites is 1. The van der Waals surface area contributed by atoms with E-state index in [0.29, 0.717) is 11.3 Å². The predicted molar refractivity (Wildman–Crippen MR) is 88.3 cm³/mol. The SMILES string of the molecule is COc1ccccc1C#CCNC(=O)Nc1ccc(C(F)(F)F)cc1. The zero-order chi connectivity index (χ0) is 18.3. The van der Waals surface area contributed by atoms with Gasteiger partial charge in [-0.1, -0.05) is 24.0 Å². The Labute approximate surface area is 143 Å². The first-order valence-corrected chi connectivity index (χ1v) is 7.24. The Morgan fingerprint density at radius 2 is 1.80 bits per heavy atom. The van der Waals surface area contributed by atoms with Crippen LogP contribution in [0, 0.1) is 11.8 Å². The topological polar surface area (TPSA) is 50.4 Å². The second kappa shape index (κ2) is 8.11. The van der Waals surface area contributed by atoms with Gasteiger partial charge in [0.25, 0.3) is 0 Å². The average Bonchev–Trinajstić information content (AvgIpc) is 2.58. The largest absolute Gasteiger partial charge is 0.495 e. The number of methoxy groups -OCH3 is 1. The van der Waals surface area contributed by atoms with E-state index in [2.05, 4.69) is 22.5 Å².